The van der Waals surface area contributed by atoms with Crippen LogP contribution in [0.15, 0.2) is 84.9 Å². The predicted octanol–water partition coefficient (Wildman–Crippen LogP) is 5.79. The van der Waals surface area contributed by atoms with Gasteiger partial charge < -0.3 is 19.8 Å². The number of hydrogen-bond acceptors (Lipinski definition) is 6. The summed E-state index contributed by atoms with van der Waals surface area (Å²) >= 11 is 0. The summed E-state index contributed by atoms with van der Waals surface area (Å²) in [6, 6.07) is 25.7. The number of methoxy groups -OCH3 is 1. The molecular formula is C30H28N4O4. The van der Waals surface area contributed by atoms with Crippen molar-refractivity contribution in [3.05, 3.63) is 90.5 Å². The molecule has 0 fully saturated rings. The maximum Gasteiger partial charge on any atom is 0.267 e. The summed E-state index contributed by atoms with van der Waals surface area (Å²) in [6.07, 6.45) is 3.64. The van der Waals surface area contributed by atoms with Crippen molar-refractivity contribution in [2.75, 3.05) is 25.6 Å². The third kappa shape index (κ3) is 5.61. The largest absolute Gasteiger partial charge is 0.497 e. The normalized spacial score (nSPS) is 11.2. The van der Waals surface area contributed by atoms with Gasteiger partial charge in [-0.15, -0.1) is 0 Å². The fourth-order valence-electron chi connectivity index (χ4n) is 4.26. The first-order chi connectivity index (χ1) is 18.6. The number of aromatic amines is 1. The lowest BCUT2D eigenvalue weighted by atomic mass is 10.1. The van der Waals surface area contributed by atoms with E-state index in [2.05, 4.69) is 28.5 Å². The Labute approximate surface area is 219 Å². The van der Waals surface area contributed by atoms with E-state index in [0.29, 0.717) is 13.2 Å². The fraction of sp³-hybridized carbons (Fsp3) is 0.133. The lowest BCUT2D eigenvalue weighted by Gasteiger charge is -2.11. The Kier molecular flexibility index (Phi) is 7.52. The number of carbonyl (C=O) groups is 1. The van der Waals surface area contributed by atoms with Gasteiger partial charge in [0.2, 0.25) is 0 Å². The summed E-state index contributed by atoms with van der Waals surface area (Å²) in [7, 11) is 1.66. The Morgan fingerprint density at radius 2 is 1.76 bits per heavy atom. The number of aromatic nitrogens is 2. The Morgan fingerprint density at radius 3 is 2.53 bits per heavy atom. The highest BCUT2D eigenvalue weighted by molar-refractivity contribution is 6.11. The van der Waals surface area contributed by atoms with E-state index in [0.717, 1.165) is 62.4 Å². The summed E-state index contributed by atoms with van der Waals surface area (Å²) in [6.45, 7) is 1.23. The Hall–Kier alpha value is -4.82. The van der Waals surface area contributed by atoms with Crippen LogP contribution in [0, 0.1) is 0 Å². The van der Waals surface area contributed by atoms with Crippen molar-refractivity contribution in [1.29, 1.82) is 0 Å². The first kappa shape index (κ1) is 24.9. The van der Waals surface area contributed by atoms with Crippen LogP contribution >= 0.6 is 0 Å². The highest BCUT2D eigenvalue weighted by Crippen LogP contribution is 2.34. The average molecular weight is 509 g/mol. The molecule has 0 bridgehead atoms. The van der Waals surface area contributed by atoms with Gasteiger partial charge in [0.1, 0.15) is 17.3 Å². The van der Waals surface area contributed by atoms with E-state index in [1.807, 2.05) is 60.7 Å². The number of H-pyrrole nitrogens is 1. The SMILES string of the molecule is COc1ccc(-c2nc(NCCCOc3ccc(/C=C/C(=O)NO)cc3)cc3c2[nH]c2ccccc23)cc1. The zero-order valence-corrected chi connectivity index (χ0v) is 20.9. The minimum atomic E-state index is -0.577. The zero-order valence-electron chi connectivity index (χ0n) is 20.9. The second-order valence-electron chi connectivity index (χ2n) is 8.68. The quantitative estimate of drug-likeness (QED) is 0.0823. The van der Waals surface area contributed by atoms with Crippen molar-refractivity contribution < 1.29 is 19.5 Å². The Balaban J connectivity index is 1.26. The van der Waals surface area contributed by atoms with E-state index in [1.54, 1.807) is 18.7 Å². The number of carbonyl (C=O) groups excluding carboxylic acids is 1. The van der Waals surface area contributed by atoms with E-state index in [1.165, 1.54) is 6.08 Å². The molecule has 0 radical (unpaired) electrons. The van der Waals surface area contributed by atoms with E-state index in [-0.39, 0.29) is 0 Å². The van der Waals surface area contributed by atoms with E-state index < -0.39 is 5.91 Å². The van der Waals surface area contributed by atoms with Gasteiger partial charge in [-0.1, -0.05) is 30.3 Å². The lowest BCUT2D eigenvalue weighted by Crippen LogP contribution is -2.14. The smallest absolute Gasteiger partial charge is 0.267 e. The number of ether oxygens (including phenoxy) is 2. The van der Waals surface area contributed by atoms with E-state index in [4.69, 9.17) is 19.7 Å². The molecule has 2 aromatic heterocycles. The summed E-state index contributed by atoms with van der Waals surface area (Å²) in [5.41, 5.74) is 6.35. The van der Waals surface area contributed by atoms with Crippen LogP contribution in [0.5, 0.6) is 11.5 Å². The van der Waals surface area contributed by atoms with E-state index in [9.17, 15) is 4.79 Å². The molecule has 0 spiro atoms. The highest BCUT2D eigenvalue weighted by Gasteiger charge is 2.13. The minimum absolute atomic E-state index is 0.537. The van der Waals surface area contributed by atoms with Gasteiger partial charge in [-0.25, -0.2) is 10.5 Å². The van der Waals surface area contributed by atoms with Gasteiger partial charge >= 0.3 is 0 Å². The number of benzene rings is 3. The third-order valence-electron chi connectivity index (χ3n) is 6.17. The van der Waals surface area contributed by atoms with Crippen molar-refractivity contribution in [1.82, 2.24) is 15.4 Å². The molecule has 3 aromatic carbocycles. The maximum absolute atomic E-state index is 11.1. The van der Waals surface area contributed by atoms with Crippen molar-refractivity contribution in [3.63, 3.8) is 0 Å². The van der Waals surface area contributed by atoms with Gasteiger partial charge in [0.25, 0.3) is 5.91 Å². The maximum atomic E-state index is 11.1. The standard InChI is InChI=1S/C30H28N4O4/c1-37-22-14-10-21(11-15-22)29-30-25(24-5-2-3-6-26(24)32-30)19-27(33-29)31-17-4-18-38-23-12-7-20(8-13-23)9-16-28(35)34-36/h2-3,5-16,19,32,36H,4,17-18H2,1H3,(H,31,33)(H,34,35)/b16-9+. The van der Waals surface area contributed by atoms with Crippen LogP contribution < -0.4 is 20.3 Å². The summed E-state index contributed by atoms with van der Waals surface area (Å²) in [4.78, 5) is 19.6. The number of hydroxylamine groups is 1. The zero-order chi connectivity index (χ0) is 26.3. The second-order valence-corrected chi connectivity index (χ2v) is 8.68. The minimum Gasteiger partial charge on any atom is -0.497 e. The molecular weight excluding hydrogens is 480 g/mol. The predicted molar refractivity (Wildman–Crippen MR) is 150 cm³/mol. The Bertz CT molecular complexity index is 1570. The molecule has 0 aliphatic rings. The molecule has 0 saturated heterocycles. The number of nitrogens with one attached hydrogen (secondary N) is 3. The first-order valence-corrected chi connectivity index (χ1v) is 12.3. The number of anilines is 1. The number of para-hydroxylation sites is 1. The van der Waals surface area contributed by atoms with Crippen LogP contribution in [0.4, 0.5) is 5.82 Å². The fourth-order valence-corrected chi connectivity index (χ4v) is 4.26. The van der Waals surface area contributed by atoms with Crippen molar-refractivity contribution in [2.24, 2.45) is 0 Å². The molecule has 5 aromatic rings. The topological polar surface area (TPSA) is 108 Å². The Morgan fingerprint density at radius 1 is 1.00 bits per heavy atom. The average Bonchev–Trinajstić information content (AvgIpc) is 3.34. The molecule has 0 atom stereocenters. The first-order valence-electron chi connectivity index (χ1n) is 12.3. The molecule has 4 N–H and O–H groups in total. The lowest BCUT2D eigenvalue weighted by molar-refractivity contribution is -0.124. The van der Waals surface area contributed by atoms with E-state index >= 15 is 0 Å². The molecule has 8 nitrogen and oxygen atoms in total. The summed E-state index contributed by atoms with van der Waals surface area (Å²) in [5, 5.41) is 14.3. The van der Waals surface area contributed by atoms with Gasteiger partial charge in [-0.05, 0) is 66.6 Å². The summed E-state index contributed by atoms with van der Waals surface area (Å²) < 4.78 is 11.2. The highest BCUT2D eigenvalue weighted by atomic mass is 16.5. The monoisotopic (exact) mass is 508 g/mol. The van der Waals surface area contributed by atoms with Crippen LogP contribution in [-0.4, -0.2) is 41.3 Å². The number of fused-ring (bicyclic) bond motifs is 3. The van der Waals surface area contributed by atoms with Crippen LogP contribution in [0.3, 0.4) is 0 Å². The number of hydrogen-bond donors (Lipinski definition) is 4. The van der Waals surface area contributed by atoms with Gasteiger partial charge in [0, 0.05) is 34.5 Å². The van der Waals surface area contributed by atoms with Crippen molar-refractivity contribution >= 4 is 39.6 Å². The molecule has 5 rings (SSSR count). The molecule has 38 heavy (non-hydrogen) atoms. The third-order valence-corrected chi connectivity index (χ3v) is 6.17. The van der Waals surface area contributed by atoms with Gasteiger partial charge in [-0.3, -0.25) is 10.0 Å². The van der Waals surface area contributed by atoms with Crippen LogP contribution in [-0.2, 0) is 4.79 Å². The number of nitrogens with zero attached hydrogens (tertiary/aromatic N) is 1. The van der Waals surface area contributed by atoms with Gasteiger partial charge in [-0.2, -0.15) is 0 Å². The number of pyridine rings is 1. The number of rotatable bonds is 10. The van der Waals surface area contributed by atoms with Crippen molar-refractivity contribution in [2.45, 2.75) is 6.42 Å². The molecule has 192 valence electrons. The second kappa shape index (κ2) is 11.5. The van der Waals surface area contributed by atoms with Gasteiger partial charge in [0.05, 0.1) is 24.9 Å². The van der Waals surface area contributed by atoms with Crippen LogP contribution in [0.2, 0.25) is 0 Å². The molecule has 2 heterocycles. The van der Waals surface area contributed by atoms with Gasteiger partial charge in [0.15, 0.2) is 0 Å². The molecule has 0 aliphatic carbocycles. The summed E-state index contributed by atoms with van der Waals surface area (Å²) in [5.74, 6) is 1.77. The molecule has 1 amide bonds. The number of amides is 1. The molecule has 8 heteroatoms. The van der Waals surface area contributed by atoms with Crippen molar-refractivity contribution in [3.8, 4) is 22.8 Å². The molecule has 0 unspecified atom stereocenters. The van der Waals surface area contributed by atoms with Crippen LogP contribution in [0.25, 0.3) is 39.1 Å². The van der Waals surface area contributed by atoms with Crippen LogP contribution in [0.1, 0.15) is 12.0 Å². The molecule has 0 saturated carbocycles. The molecule has 0 aliphatic heterocycles.